The Labute approximate surface area is 115 Å². The van der Waals surface area contributed by atoms with Crippen LogP contribution in [0.25, 0.3) is 10.2 Å². The first-order valence-corrected chi connectivity index (χ1v) is 6.93. The third-order valence-electron chi connectivity index (χ3n) is 2.99. The van der Waals surface area contributed by atoms with E-state index in [2.05, 4.69) is 40.6 Å². The topological polar surface area (TPSA) is 34.1 Å². The van der Waals surface area contributed by atoms with E-state index in [1.165, 1.54) is 10.3 Å². The van der Waals surface area contributed by atoms with Crippen molar-refractivity contribution in [1.29, 1.82) is 0 Å². The third kappa shape index (κ3) is 2.69. The van der Waals surface area contributed by atoms with Gasteiger partial charge in [0.05, 0.1) is 22.8 Å². The number of nitrogens with zero attached hydrogens (tertiary/aromatic N) is 1. The molecule has 1 heterocycles. The van der Waals surface area contributed by atoms with E-state index in [4.69, 9.17) is 4.74 Å². The summed E-state index contributed by atoms with van der Waals surface area (Å²) in [6.07, 6.45) is 0. The second-order valence-corrected chi connectivity index (χ2v) is 5.12. The van der Waals surface area contributed by atoms with Crippen LogP contribution in [0.1, 0.15) is 5.56 Å². The van der Waals surface area contributed by atoms with Gasteiger partial charge in [-0.2, -0.15) is 0 Å². The zero-order valence-electron chi connectivity index (χ0n) is 10.6. The molecule has 0 amide bonds. The van der Waals surface area contributed by atoms with Crippen LogP contribution in [0.3, 0.4) is 0 Å². The molecule has 0 unspecified atom stereocenters. The highest BCUT2D eigenvalue weighted by atomic mass is 32.1. The van der Waals surface area contributed by atoms with Crippen LogP contribution in [0.15, 0.2) is 48.0 Å². The Balaban J connectivity index is 1.70. The molecule has 3 nitrogen and oxygen atoms in total. The zero-order valence-corrected chi connectivity index (χ0v) is 11.4. The summed E-state index contributed by atoms with van der Waals surface area (Å²) in [5, 5.41) is 3.40. The van der Waals surface area contributed by atoms with E-state index in [1.807, 2.05) is 17.6 Å². The Hall–Kier alpha value is -2.07. The molecule has 3 rings (SSSR count). The highest BCUT2D eigenvalue weighted by Crippen LogP contribution is 2.22. The summed E-state index contributed by atoms with van der Waals surface area (Å²) in [5.41, 5.74) is 5.23. The molecule has 2 aromatic carbocycles. The molecule has 0 radical (unpaired) electrons. The Morgan fingerprint density at radius 1 is 1.16 bits per heavy atom. The minimum Gasteiger partial charge on any atom is -0.497 e. The van der Waals surface area contributed by atoms with E-state index >= 15 is 0 Å². The SMILES string of the molecule is COc1ccc(CNc2ccc3scnc3c2)cc1. The summed E-state index contributed by atoms with van der Waals surface area (Å²) in [4.78, 5) is 4.32. The van der Waals surface area contributed by atoms with Gasteiger partial charge in [-0.15, -0.1) is 11.3 Å². The Kier molecular flexibility index (Phi) is 3.33. The van der Waals surface area contributed by atoms with Gasteiger partial charge in [0, 0.05) is 12.2 Å². The Morgan fingerprint density at radius 3 is 2.79 bits per heavy atom. The molecule has 96 valence electrons. The molecular weight excluding hydrogens is 256 g/mol. The van der Waals surface area contributed by atoms with Gasteiger partial charge in [-0.3, -0.25) is 0 Å². The summed E-state index contributed by atoms with van der Waals surface area (Å²) in [6, 6.07) is 14.3. The number of benzene rings is 2. The lowest BCUT2D eigenvalue weighted by Gasteiger charge is -2.07. The predicted octanol–water partition coefficient (Wildman–Crippen LogP) is 3.92. The minimum atomic E-state index is 0.791. The van der Waals surface area contributed by atoms with Crippen LogP contribution in [-0.2, 0) is 6.54 Å². The largest absolute Gasteiger partial charge is 0.497 e. The maximum atomic E-state index is 5.14. The molecule has 1 N–H and O–H groups in total. The molecule has 0 saturated carbocycles. The first-order chi connectivity index (χ1) is 9.35. The average molecular weight is 270 g/mol. The van der Waals surface area contributed by atoms with Crippen molar-refractivity contribution >= 4 is 27.2 Å². The van der Waals surface area contributed by atoms with Crippen LogP contribution in [0.2, 0.25) is 0 Å². The van der Waals surface area contributed by atoms with Crippen molar-refractivity contribution in [2.45, 2.75) is 6.54 Å². The van der Waals surface area contributed by atoms with E-state index in [-0.39, 0.29) is 0 Å². The molecule has 0 aliphatic rings. The molecule has 0 aliphatic carbocycles. The van der Waals surface area contributed by atoms with E-state index in [0.717, 1.165) is 23.5 Å². The maximum absolute atomic E-state index is 5.14. The third-order valence-corrected chi connectivity index (χ3v) is 3.80. The van der Waals surface area contributed by atoms with E-state index in [0.29, 0.717) is 0 Å². The number of rotatable bonds is 4. The maximum Gasteiger partial charge on any atom is 0.118 e. The van der Waals surface area contributed by atoms with Gasteiger partial charge in [0.2, 0.25) is 0 Å². The molecule has 1 aromatic heterocycles. The Morgan fingerprint density at radius 2 is 2.00 bits per heavy atom. The molecule has 3 aromatic rings. The standard InChI is InChI=1S/C15H14N2OS/c1-18-13-5-2-11(3-6-13)9-16-12-4-7-15-14(8-12)17-10-19-15/h2-8,10,16H,9H2,1H3. The number of methoxy groups -OCH3 is 1. The molecular formula is C15H14N2OS. The number of hydrogen-bond acceptors (Lipinski definition) is 4. The molecule has 0 atom stereocenters. The van der Waals surface area contributed by atoms with Gasteiger partial charge in [0.1, 0.15) is 5.75 Å². The molecule has 4 heteroatoms. The number of fused-ring (bicyclic) bond motifs is 1. The van der Waals surface area contributed by atoms with Gasteiger partial charge >= 0.3 is 0 Å². The number of hydrogen-bond donors (Lipinski definition) is 1. The quantitative estimate of drug-likeness (QED) is 0.780. The molecule has 0 aliphatic heterocycles. The van der Waals surface area contributed by atoms with E-state index in [1.54, 1.807) is 18.4 Å². The lowest BCUT2D eigenvalue weighted by Crippen LogP contribution is -1.99. The van der Waals surface area contributed by atoms with Crippen molar-refractivity contribution in [3.05, 3.63) is 53.5 Å². The predicted molar refractivity (Wildman–Crippen MR) is 79.9 cm³/mol. The van der Waals surface area contributed by atoms with Crippen LogP contribution in [0.5, 0.6) is 5.75 Å². The average Bonchev–Trinajstić information content (AvgIpc) is 2.93. The van der Waals surface area contributed by atoms with Crippen molar-refractivity contribution in [2.75, 3.05) is 12.4 Å². The fourth-order valence-electron chi connectivity index (χ4n) is 1.92. The minimum absolute atomic E-state index is 0.791. The van der Waals surface area contributed by atoms with Gasteiger partial charge < -0.3 is 10.1 Å². The molecule has 0 bridgehead atoms. The monoisotopic (exact) mass is 270 g/mol. The molecule has 0 fully saturated rings. The van der Waals surface area contributed by atoms with Crippen molar-refractivity contribution in [1.82, 2.24) is 4.98 Å². The smallest absolute Gasteiger partial charge is 0.118 e. The summed E-state index contributed by atoms with van der Waals surface area (Å²) >= 11 is 1.66. The van der Waals surface area contributed by atoms with Crippen LogP contribution in [-0.4, -0.2) is 12.1 Å². The summed E-state index contributed by atoms with van der Waals surface area (Å²) in [5.74, 6) is 0.882. The van der Waals surface area contributed by atoms with Crippen molar-refractivity contribution in [3.8, 4) is 5.75 Å². The van der Waals surface area contributed by atoms with E-state index in [9.17, 15) is 0 Å². The highest BCUT2D eigenvalue weighted by molar-refractivity contribution is 7.16. The molecule has 19 heavy (non-hydrogen) atoms. The fourth-order valence-corrected chi connectivity index (χ4v) is 2.57. The number of aromatic nitrogens is 1. The van der Waals surface area contributed by atoms with Gasteiger partial charge in [0.25, 0.3) is 0 Å². The second kappa shape index (κ2) is 5.28. The van der Waals surface area contributed by atoms with Crippen LogP contribution >= 0.6 is 11.3 Å². The number of anilines is 1. The number of ether oxygens (including phenoxy) is 1. The van der Waals surface area contributed by atoms with Crippen LogP contribution in [0, 0.1) is 0 Å². The zero-order chi connectivity index (χ0) is 13.1. The van der Waals surface area contributed by atoms with Crippen molar-refractivity contribution in [3.63, 3.8) is 0 Å². The summed E-state index contributed by atoms with van der Waals surface area (Å²) in [6.45, 7) is 0.791. The molecule has 0 saturated heterocycles. The number of thiazole rings is 1. The highest BCUT2D eigenvalue weighted by Gasteiger charge is 1.99. The first-order valence-electron chi connectivity index (χ1n) is 6.05. The van der Waals surface area contributed by atoms with Gasteiger partial charge in [-0.05, 0) is 35.9 Å². The lowest BCUT2D eigenvalue weighted by molar-refractivity contribution is 0.414. The fraction of sp³-hybridized carbons (Fsp3) is 0.133. The van der Waals surface area contributed by atoms with Gasteiger partial charge in [-0.25, -0.2) is 4.98 Å². The Bertz CT molecular complexity index is 676. The summed E-state index contributed by atoms with van der Waals surface area (Å²) < 4.78 is 6.36. The normalized spacial score (nSPS) is 10.6. The first kappa shape index (κ1) is 12.0. The van der Waals surface area contributed by atoms with Gasteiger partial charge in [-0.1, -0.05) is 12.1 Å². The second-order valence-electron chi connectivity index (χ2n) is 4.24. The lowest BCUT2D eigenvalue weighted by atomic mass is 10.2. The molecule has 0 spiro atoms. The number of nitrogens with one attached hydrogen (secondary N) is 1. The van der Waals surface area contributed by atoms with Crippen molar-refractivity contribution in [2.24, 2.45) is 0 Å². The summed E-state index contributed by atoms with van der Waals surface area (Å²) in [7, 11) is 1.68. The van der Waals surface area contributed by atoms with E-state index < -0.39 is 0 Å². The van der Waals surface area contributed by atoms with Gasteiger partial charge in [0.15, 0.2) is 0 Å². The van der Waals surface area contributed by atoms with Crippen LogP contribution in [0.4, 0.5) is 5.69 Å². The van der Waals surface area contributed by atoms with Crippen molar-refractivity contribution < 1.29 is 4.74 Å². The van der Waals surface area contributed by atoms with Crippen LogP contribution < -0.4 is 10.1 Å².